The quantitative estimate of drug-likeness (QED) is 0.233. The van der Waals surface area contributed by atoms with E-state index in [1.807, 2.05) is 0 Å². The first kappa shape index (κ1) is 23.0. The van der Waals surface area contributed by atoms with Crippen LogP contribution in [0.15, 0.2) is 72.8 Å². The number of carbonyl (C=O) groups excluding carboxylic acids is 2. The first-order valence-electron chi connectivity index (χ1n) is 10.5. The maximum absolute atomic E-state index is 11.8. The van der Waals surface area contributed by atoms with Crippen LogP contribution in [0.2, 0.25) is 0 Å². The van der Waals surface area contributed by atoms with E-state index in [2.05, 4.69) is 0 Å². The van der Waals surface area contributed by atoms with Crippen LogP contribution in [0, 0.1) is 0 Å². The number of benzene rings is 4. The van der Waals surface area contributed by atoms with Gasteiger partial charge in [0.25, 0.3) is 11.8 Å². The predicted octanol–water partition coefficient (Wildman–Crippen LogP) is 3.34. The van der Waals surface area contributed by atoms with Crippen molar-refractivity contribution >= 4 is 34.6 Å². The Kier molecular flexibility index (Phi) is 5.90. The highest BCUT2D eigenvalue weighted by atomic mass is 16.5. The van der Waals surface area contributed by atoms with Crippen molar-refractivity contribution in [1.82, 2.24) is 0 Å². The second kappa shape index (κ2) is 8.99. The molecule has 9 heteroatoms. The first-order valence-corrected chi connectivity index (χ1v) is 10.5. The monoisotopic (exact) mass is 468 g/mol. The minimum absolute atomic E-state index is 0.185. The van der Waals surface area contributed by atoms with E-state index in [4.69, 9.17) is 39.1 Å². The topological polar surface area (TPSA) is 199 Å². The molecule has 0 heterocycles. The number of anilines is 4. The molecule has 0 atom stereocenters. The van der Waals surface area contributed by atoms with Gasteiger partial charge in [0, 0.05) is 33.9 Å². The summed E-state index contributed by atoms with van der Waals surface area (Å²) in [5.41, 5.74) is 39.2. The van der Waals surface area contributed by atoms with Crippen LogP contribution in [-0.2, 0) is 0 Å². The van der Waals surface area contributed by atoms with Gasteiger partial charge in [-0.15, -0.1) is 0 Å². The molecular formula is C26H24N6O3. The zero-order valence-corrected chi connectivity index (χ0v) is 18.6. The van der Waals surface area contributed by atoms with E-state index in [9.17, 15) is 9.59 Å². The third-order valence-electron chi connectivity index (χ3n) is 5.49. The molecule has 35 heavy (non-hydrogen) atoms. The van der Waals surface area contributed by atoms with Crippen LogP contribution >= 0.6 is 0 Å². The van der Waals surface area contributed by atoms with E-state index in [-0.39, 0.29) is 22.5 Å². The molecule has 4 aromatic rings. The summed E-state index contributed by atoms with van der Waals surface area (Å²) >= 11 is 0. The fourth-order valence-electron chi connectivity index (χ4n) is 3.72. The Morgan fingerprint density at radius 3 is 1.31 bits per heavy atom. The third-order valence-corrected chi connectivity index (χ3v) is 5.49. The third kappa shape index (κ3) is 4.64. The lowest BCUT2D eigenvalue weighted by molar-refractivity contribution is 0.0992. The zero-order chi connectivity index (χ0) is 25.3. The highest BCUT2D eigenvalue weighted by Crippen LogP contribution is 2.40. The second-order valence-corrected chi connectivity index (χ2v) is 7.95. The second-order valence-electron chi connectivity index (χ2n) is 7.95. The number of nitrogens with two attached hydrogens (primary N) is 6. The Morgan fingerprint density at radius 2 is 0.943 bits per heavy atom. The molecule has 0 fully saturated rings. The van der Waals surface area contributed by atoms with Gasteiger partial charge in [-0.3, -0.25) is 9.59 Å². The molecule has 12 N–H and O–H groups in total. The van der Waals surface area contributed by atoms with Crippen molar-refractivity contribution in [3.05, 3.63) is 83.9 Å². The highest BCUT2D eigenvalue weighted by Gasteiger charge is 2.16. The Morgan fingerprint density at radius 1 is 0.543 bits per heavy atom. The average molecular weight is 469 g/mol. The molecule has 0 aliphatic carbocycles. The number of ether oxygens (including phenoxy) is 1. The van der Waals surface area contributed by atoms with E-state index in [0.717, 1.165) is 0 Å². The molecular weight excluding hydrogens is 444 g/mol. The molecule has 4 rings (SSSR count). The number of carbonyl (C=O) groups is 2. The largest absolute Gasteiger partial charge is 0.456 e. The van der Waals surface area contributed by atoms with Crippen molar-refractivity contribution in [2.24, 2.45) is 11.5 Å². The minimum Gasteiger partial charge on any atom is -0.456 e. The van der Waals surface area contributed by atoms with E-state index in [1.54, 1.807) is 72.8 Å². The summed E-state index contributed by atoms with van der Waals surface area (Å²) in [6.45, 7) is 0. The molecule has 0 unspecified atom stereocenters. The summed E-state index contributed by atoms with van der Waals surface area (Å²) in [6, 6.07) is 20.1. The number of nitrogen functional groups attached to an aromatic ring is 4. The van der Waals surface area contributed by atoms with Gasteiger partial charge in [0.1, 0.15) is 11.5 Å². The zero-order valence-electron chi connectivity index (χ0n) is 18.6. The molecule has 176 valence electrons. The summed E-state index contributed by atoms with van der Waals surface area (Å²) in [7, 11) is 0. The number of hydrogen-bond donors (Lipinski definition) is 6. The number of hydrogen-bond acceptors (Lipinski definition) is 7. The van der Waals surface area contributed by atoms with Gasteiger partial charge in [0.15, 0.2) is 0 Å². The standard InChI is InChI=1S/C26H24N6O3/c27-15-3-7-23(17(11-15)13-1-5-21(29)19(9-13)25(31)33)35-24-8-4-16(28)12-18(24)14-2-6-22(30)20(10-14)26(32)34/h1-12H,27-30H2,(H2,31,33)(H2,32,34). The summed E-state index contributed by atoms with van der Waals surface area (Å²) in [5.74, 6) is -0.387. The van der Waals surface area contributed by atoms with Gasteiger partial charge in [0.2, 0.25) is 0 Å². The molecule has 0 aromatic heterocycles. The fraction of sp³-hybridized carbons (Fsp3) is 0. The van der Waals surface area contributed by atoms with Gasteiger partial charge in [-0.05, 0) is 71.8 Å². The summed E-state index contributed by atoms with van der Waals surface area (Å²) in [5, 5.41) is 0. The van der Waals surface area contributed by atoms with E-state index < -0.39 is 11.8 Å². The fourth-order valence-corrected chi connectivity index (χ4v) is 3.72. The van der Waals surface area contributed by atoms with Gasteiger partial charge in [-0.1, -0.05) is 12.1 Å². The minimum atomic E-state index is -0.648. The van der Waals surface area contributed by atoms with Crippen LogP contribution in [0.4, 0.5) is 22.7 Å². The van der Waals surface area contributed by atoms with Crippen molar-refractivity contribution in [1.29, 1.82) is 0 Å². The Hall–Kier alpha value is -5.18. The number of primary amides is 2. The number of rotatable bonds is 6. The van der Waals surface area contributed by atoms with E-state index >= 15 is 0 Å². The van der Waals surface area contributed by atoms with Crippen LogP contribution < -0.4 is 39.1 Å². The van der Waals surface area contributed by atoms with Crippen molar-refractivity contribution in [3.63, 3.8) is 0 Å². The van der Waals surface area contributed by atoms with Crippen LogP contribution in [0.1, 0.15) is 20.7 Å². The van der Waals surface area contributed by atoms with Gasteiger partial charge in [-0.25, -0.2) is 0 Å². The Balaban J connectivity index is 1.84. The molecule has 0 aliphatic heterocycles. The summed E-state index contributed by atoms with van der Waals surface area (Å²) < 4.78 is 6.31. The lowest BCUT2D eigenvalue weighted by Crippen LogP contribution is -2.13. The smallest absolute Gasteiger partial charge is 0.250 e. The molecule has 4 aromatic carbocycles. The molecule has 2 amide bonds. The molecule has 9 nitrogen and oxygen atoms in total. The van der Waals surface area contributed by atoms with Crippen molar-refractivity contribution in [2.75, 3.05) is 22.9 Å². The van der Waals surface area contributed by atoms with Crippen LogP contribution in [0.3, 0.4) is 0 Å². The number of amides is 2. The van der Waals surface area contributed by atoms with Gasteiger partial charge in [0.05, 0.1) is 11.1 Å². The van der Waals surface area contributed by atoms with Gasteiger partial charge >= 0.3 is 0 Å². The van der Waals surface area contributed by atoms with Gasteiger partial charge < -0.3 is 39.1 Å². The maximum atomic E-state index is 11.8. The molecule has 0 bridgehead atoms. The predicted molar refractivity (Wildman–Crippen MR) is 139 cm³/mol. The lowest BCUT2D eigenvalue weighted by atomic mass is 9.99. The molecule has 0 spiro atoms. The SMILES string of the molecule is NC(=O)c1cc(-c2cc(N)ccc2Oc2ccc(N)cc2-c2ccc(N)c(C(N)=O)c2)ccc1N. The highest BCUT2D eigenvalue weighted by molar-refractivity contribution is 6.00. The normalized spacial score (nSPS) is 10.6. The average Bonchev–Trinajstić information content (AvgIpc) is 2.81. The molecule has 0 radical (unpaired) electrons. The summed E-state index contributed by atoms with van der Waals surface area (Å²) in [6.07, 6.45) is 0. The Labute approximate surface area is 201 Å². The molecule has 0 saturated carbocycles. The van der Waals surface area contributed by atoms with Crippen molar-refractivity contribution < 1.29 is 14.3 Å². The molecule has 0 aliphatic rings. The van der Waals surface area contributed by atoms with Gasteiger partial charge in [-0.2, -0.15) is 0 Å². The van der Waals surface area contributed by atoms with Crippen molar-refractivity contribution in [2.45, 2.75) is 0 Å². The first-order chi connectivity index (χ1) is 16.6. The van der Waals surface area contributed by atoms with Crippen LogP contribution in [0.25, 0.3) is 22.3 Å². The van der Waals surface area contributed by atoms with Crippen molar-refractivity contribution in [3.8, 4) is 33.8 Å². The molecule has 0 saturated heterocycles. The lowest BCUT2D eigenvalue weighted by Gasteiger charge is -2.17. The van der Waals surface area contributed by atoms with Crippen LogP contribution in [0.5, 0.6) is 11.5 Å². The van der Waals surface area contributed by atoms with E-state index in [1.165, 1.54) is 0 Å². The Bertz CT molecular complexity index is 1370. The van der Waals surface area contributed by atoms with E-state index in [0.29, 0.717) is 45.1 Å². The maximum Gasteiger partial charge on any atom is 0.250 e. The van der Waals surface area contributed by atoms with Crippen LogP contribution in [-0.4, -0.2) is 11.8 Å². The summed E-state index contributed by atoms with van der Waals surface area (Å²) in [4.78, 5) is 23.6.